The molecule has 0 aromatic heterocycles. The molecule has 2 N–H and O–H groups in total. The minimum absolute atomic E-state index is 0.0476. The summed E-state index contributed by atoms with van der Waals surface area (Å²) in [5.41, 5.74) is 1.95. The van der Waals surface area contributed by atoms with Crippen LogP contribution in [0.3, 0.4) is 0 Å². The van der Waals surface area contributed by atoms with Gasteiger partial charge in [-0.05, 0) is 48.6 Å². The van der Waals surface area contributed by atoms with Crippen LogP contribution >= 0.6 is 24.0 Å². The average molecular weight is 527 g/mol. The molecule has 1 heterocycles. The fourth-order valence-electron chi connectivity index (χ4n) is 3.57. The number of amides is 2. The minimum atomic E-state index is -0.865. The quantitative estimate of drug-likeness (QED) is 0.203. The molecule has 0 atom stereocenters. The van der Waals surface area contributed by atoms with Gasteiger partial charge >= 0.3 is 5.97 Å². The van der Waals surface area contributed by atoms with Crippen molar-refractivity contribution in [2.75, 3.05) is 13.1 Å². The molecule has 2 amide bonds. The van der Waals surface area contributed by atoms with E-state index in [9.17, 15) is 14.4 Å². The van der Waals surface area contributed by atoms with Gasteiger partial charge in [0.05, 0.1) is 4.91 Å². The van der Waals surface area contributed by atoms with Gasteiger partial charge in [0.1, 0.15) is 16.7 Å². The summed E-state index contributed by atoms with van der Waals surface area (Å²) in [4.78, 5) is 37.4. The van der Waals surface area contributed by atoms with Gasteiger partial charge in [-0.1, -0.05) is 72.9 Å². The van der Waals surface area contributed by atoms with Crippen molar-refractivity contribution in [3.8, 4) is 5.75 Å². The van der Waals surface area contributed by atoms with Crippen molar-refractivity contribution in [1.82, 2.24) is 10.2 Å². The Balaban J connectivity index is 1.42. The van der Waals surface area contributed by atoms with E-state index in [0.717, 1.165) is 29.7 Å². The van der Waals surface area contributed by atoms with Crippen LogP contribution in [0.2, 0.25) is 0 Å². The lowest BCUT2D eigenvalue weighted by atomic mass is 10.1. The Hall–Kier alpha value is -3.17. The van der Waals surface area contributed by atoms with E-state index in [1.165, 1.54) is 11.8 Å². The number of benzene rings is 2. The zero-order valence-electron chi connectivity index (χ0n) is 20.0. The number of aliphatic carboxylic acids is 1. The smallest absolute Gasteiger partial charge is 0.303 e. The molecule has 1 saturated heterocycles. The second-order valence-electron chi connectivity index (χ2n) is 8.34. The molecule has 1 aliphatic rings. The molecule has 190 valence electrons. The normalized spacial score (nSPS) is 14.3. The Labute approximate surface area is 220 Å². The summed E-state index contributed by atoms with van der Waals surface area (Å²) >= 11 is 6.72. The Morgan fingerprint density at radius 1 is 1.03 bits per heavy atom. The third-order valence-corrected chi connectivity index (χ3v) is 6.83. The first-order chi connectivity index (χ1) is 17.4. The molecule has 2 aromatic rings. The van der Waals surface area contributed by atoms with Crippen LogP contribution in [-0.4, -0.2) is 45.2 Å². The zero-order chi connectivity index (χ0) is 25.8. The molecule has 1 aliphatic heterocycles. The first-order valence-electron chi connectivity index (χ1n) is 11.9. The molecule has 0 saturated carbocycles. The number of thioether (sulfide) groups is 1. The van der Waals surface area contributed by atoms with E-state index in [1.807, 2.05) is 60.7 Å². The summed E-state index contributed by atoms with van der Waals surface area (Å²) in [6.07, 6.45) is 4.93. The van der Waals surface area contributed by atoms with Gasteiger partial charge in [0.25, 0.3) is 5.91 Å². The number of carbonyl (C=O) groups excluding carboxylic acids is 2. The third-order valence-electron chi connectivity index (χ3n) is 5.45. The number of nitrogens with one attached hydrogen (secondary N) is 1. The van der Waals surface area contributed by atoms with E-state index in [-0.39, 0.29) is 18.2 Å². The molecule has 0 unspecified atom stereocenters. The highest BCUT2D eigenvalue weighted by Crippen LogP contribution is 2.33. The fourth-order valence-corrected chi connectivity index (χ4v) is 4.88. The van der Waals surface area contributed by atoms with E-state index in [1.54, 1.807) is 4.90 Å². The molecule has 0 spiro atoms. The highest BCUT2D eigenvalue weighted by atomic mass is 32.2. The number of carboxylic acid groups (broad SMARTS) is 1. The number of hydrogen-bond donors (Lipinski definition) is 2. The average Bonchev–Trinajstić information content (AvgIpc) is 3.13. The molecule has 0 radical (unpaired) electrons. The van der Waals surface area contributed by atoms with Gasteiger partial charge in [-0.2, -0.15) is 0 Å². The van der Waals surface area contributed by atoms with Gasteiger partial charge in [-0.15, -0.1) is 0 Å². The van der Waals surface area contributed by atoms with Crippen molar-refractivity contribution in [1.29, 1.82) is 0 Å². The molecular formula is C27H30N2O5S2. The number of nitrogens with zero attached hydrogens (tertiary/aromatic N) is 1. The third kappa shape index (κ3) is 9.13. The lowest BCUT2D eigenvalue weighted by molar-refractivity contribution is -0.137. The van der Waals surface area contributed by atoms with Crippen LogP contribution in [0, 0.1) is 0 Å². The van der Waals surface area contributed by atoms with Crippen LogP contribution < -0.4 is 10.1 Å². The monoisotopic (exact) mass is 526 g/mol. The van der Waals surface area contributed by atoms with Crippen molar-refractivity contribution in [2.45, 2.75) is 45.1 Å². The van der Waals surface area contributed by atoms with E-state index in [0.29, 0.717) is 48.2 Å². The SMILES string of the molecule is O=C(O)CCCNC(=O)CCCCCN1C(=O)/C(=C/c2cccc(OCc3ccccc3)c2)SC1=S. The predicted octanol–water partition coefficient (Wildman–Crippen LogP) is 5.01. The Morgan fingerprint density at radius 3 is 2.61 bits per heavy atom. The van der Waals surface area contributed by atoms with Crippen molar-refractivity contribution in [2.24, 2.45) is 0 Å². The van der Waals surface area contributed by atoms with Gasteiger partial charge in [0, 0.05) is 25.9 Å². The molecule has 0 bridgehead atoms. The molecule has 7 nitrogen and oxygen atoms in total. The van der Waals surface area contributed by atoms with Crippen LogP contribution in [0.1, 0.15) is 49.7 Å². The summed E-state index contributed by atoms with van der Waals surface area (Å²) in [6, 6.07) is 17.6. The number of thiocarbonyl (C=S) groups is 1. The Morgan fingerprint density at radius 2 is 1.83 bits per heavy atom. The number of rotatable bonds is 14. The summed E-state index contributed by atoms with van der Waals surface area (Å²) in [5, 5.41) is 11.3. The van der Waals surface area contributed by atoms with Gasteiger partial charge in [-0.25, -0.2) is 0 Å². The Kier molecular flexibility index (Phi) is 11.0. The second kappa shape index (κ2) is 14.4. The van der Waals surface area contributed by atoms with Gasteiger partial charge < -0.3 is 15.2 Å². The zero-order valence-corrected chi connectivity index (χ0v) is 21.6. The van der Waals surface area contributed by atoms with Gasteiger partial charge in [0.2, 0.25) is 5.91 Å². The summed E-state index contributed by atoms with van der Waals surface area (Å²) in [5.74, 6) is -0.314. The highest BCUT2D eigenvalue weighted by Gasteiger charge is 2.31. The molecular weight excluding hydrogens is 496 g/mol. The summed E-state index contributed by atoms with van der Waals surface area (Å²) < 4.78 is 6.43. The standard InChI is InChI=1S/C27H30N2O5S2/c30-24(28-15-8-14-25(31)32)13-5-2-6-16-29-26(33)23(36-27(29)35)18-21-11-7-12-22(17-21)34-19-20-9-3-1-4-10-20/h1,3-4,7,9-12,17-18H,2,5-6,8,13-16,19H2,(H,28,30)(H,31,32)/b23-18-. The number of carboxylic acids is 1. The maximum Gasteiger partial charge on any atom is 0.303 e. The molecule has 1 fully saturated rings. The lowest BCUT2D eigenvalue weighted by Gasteiger charge is -2.14. The molecule has 0 aliphatic carbocycles. The minimum Gasteiger partial charge on any atom is -0.489 e. The van der Waals surface area contributed by atoms with Gasteiger partial charge in [-0.3, -0.25) is 19.3 Å². The van der Waals surface area contributed by atoms with E-state index >= 15 is 0 Å². The van der Waals surface area contributed by atoms with Crippen LogP contribution in [0.15, 0.2) is 59.5 Å². The number of hydrogen-bond acceptors (Lipinski definition) is 6. The predicted molar refractivity (Wildman–Crippen MR) is 145 cm³/mol. The summed E-state index contributed by atoms with van der Waals surface area (Å²) in [6.45, 7) is 1.36. The first kappa shape index (κ1) is 27.4. The van der Waals surface area contributed by atoms with Crippen molar-refractivity contribution < 1.29 is 24.2 Å². The van der Waals surface area contributed by atoms with Gasteiger partial charge in [0.15, 0.2) is 0 Å². The molecule has 36 heavy (non-hydrogen) atoms. The second-order valence-corrected chi connectivity index (χ2v) is 10.0. The van der Waals surface area contributed by atoms with Crippen molar-refractivity contribution >= 4 is 52.2 Å². The van der Waals surface area contributed by atoms with Crippen LogP contribution in [-0.2, 0) is 21.0 Å². The van der Waals surface area contributed by atoms with Crippen LogP contribution in [0.25, 0.3) is 6.08 Å². The maximum atomic E-state index is 12.9. The van der Waals surface area contributed by atoms with E-state index in [4.69, 9.17) is 22.1 Å². The Bertz CT molecular complexity index is 1100. The molecule has 2 aromatic carbocycles. The maximum absolute atomic E-state index is 12.9. The molecule has 9 heteroatoms. The van der Waals surface area contributed by atoms with Crippen molar-refractivity contribution in [3.05, 3.63) is 70.6 Å². The first-order valence-corrected chi connectivity index (χ1v) is 13.2. The summed E-state index contributed by atoms with van der Waals surface area (Å²) in [7, 11) is 0. The van der Waals surface area contributed by atoms with E-state index < -0.39 is 5.97 Å². The van der Waals surface area contributed by atoms with E-state index in [2.05, 4.69) is 5.32 Å². The number of unbranched alkanes of at least 4 members (excludes halogenated alkanes) is 2. The number of ether oxygens (including phenoxy) is 1. The topological polar surface area (TPSA) is 95.9 Å². The van der Waals surface area contributed by atoms with Crippen LogP contribution in [0.4, 0.5) is 0 Å². The lowest BCUT2D eigenvalue weighted by Crippen LogP contribution is -2.29. The fraction of sp³-hybridized carbons (Fsp3) is 0.333. The number of carbonyl (C=O) groups is 3. The van der Waals surface area contributed by atoms with Crippen molar-refractivity contribution in [3.63, 3.8) is 0 Å². The largest absolute Gasteiger partial charge is 0.489 e. The molecule has 3 rings (SSSR count). The highest BCUT2D eigenvalue weighted by molar-refractivity contribution is 8.26. The van der Waals surface area contributed by atoms with Crippen LogP contribution in [0.5, 0.6) is 5.75 Å².